The second-order valence-corrected chi connectivity index (χ2v) is 5.43. The molecule has 3 aromatic rings. The van der Waals surface area contributed by atoms with E-state index in [0.29, 0.717) is 5.69 Å². The Kier molecular flexibility index (Phi) is 4.40. The summed E-state index contributed by atoms with van der Waals surface area (Å²) >= 11 is 0. The zero-order chi connectivity index (χ0) is 19.8. The molecule has 0 bridgehead atoms. The predicted octanol–water partition coefficient (Wildman–Crippen LogP) is 3.79. The SMILES string of the molecule is O=C(O)c1ccc(Nc2nc3ccc(C(F)(F)F)cc3nc2C(=O)O)cc1. The standard InChI is InChI=1S/C17H10F3N3O4/c18-17(19,20)9-3-6-11-12(7-9)22-13(16(26)27)14(23-11)21-10-4-1-8(2-5-10)15(24)25/h1-7H,(H,21,23)(H,24,25)(H,26,27). The molecule has 0 aliphatic rings. The van der Waals surface area contributed by atoms with E-state index >= 15 is 0 Å². The van der Waals surface area contributed by atoms with Crippen molar-refractivity contribution in [3.8, 4) is 0 Å². The molecule has 2 aromatic carbocycles. The second-order valence-electron chi connectivity index (χ2n) is 5.43. The van der Waals surface area contributed by atoms with E-state index in [4.69, 9.17) is 5.11 Å². The van der Waals surface area contributed by atoms with Gasteiger partial charge in [0.2, 0.25) is 0 Å². The molecular formula is C17H10F3N3O4. The summed E-state index contributed by atoms with van der Waals surface area (Å²) in [5.41, 5.74) is -1.31. The number of fused-ring (bicyclic) bond motifs is 1. The molecule has 27 heavy (non-hydrogen) atoms. The summed E-state index contributed by atoms with van der Waals surface area (Å²) in [5.74, 6) is -2.79. The molecule has 3 N–H and O–H groups in total. The molecule has 0 aliphatic carbocycles. The van der Waals surface area contributed by atoms with Crippen molar-refractivity contribution in [1.82, 2.24) is 9.97 Å². The quantitative estimate of drug-likeness (QED) is 0.634. The fourth-order valence-corrected chi connectivity index (χ4v) is 2.30. The minimum absolute atomic E-state index is 0.0308. The van der Waals surface area contributed by atoms with E-state index < -0.39 is 29.4 Å². The minimum atomic E-state index is -4.60. The first-order valence-corrected chi connectivity index (χ1v) is 7.38. The number of hydrogen-bond acceptors (Lipinski definition) is 5. The van der Waals surface area contributed by atoms with E-state index in [-0.39, 0.29) is 22.4 Å². The largest absolute Gasteiger partial charge is 0.478 e. The minimum Gasteiger partial charge on any atom is -0.478 e. The summed E-state index contributed by atoms with van der Waals surface area (Å²) in [6, 6.07) is 8.03. The van der Waals surface area contributed by atoms with Gasteiger partial charge >= 0.3 is 18.1 Å². The molecule has 0 saturated carbocycles. The van der Waals surface area contributed by atoms with E-state index in [2.05, 4.69) is 15.3 Å². The van der Waals surface area contributed by atoms with Gasteiger partial charge in [0.25, 0.3) is 0 Å². The molecule has 0 unspecified atom stereocenters. The lowest BCUT2D eigenvalue weighted by atomic mass is 10.1. The van der Waals surface area contributed by atoms with E-state index in [0.717, 1.165) is 18.2 Å². The maximum absolute atomic E-state index is 12.8. The topological polar surface area (TPSA) is 112 Å². The lowest BCUT2D eigenvalue weighted by Crippen LogP contribution is -2.10. The number of carbonyl (C=O) groups is 2. The normalized spacial score (nSPS) is 11.4. The molecular weight excluding hydrogens is 367 g/mol. The van der Waals surface area contributed by atoms with Crippen LogP contribution in [0, 0.1) is 0 Å². The van der Waals surface area contributed by atoms with Crippen LogP contribution >= 0.6 is 0 Å². The Balaban J connectivity index is 2.04. The fourth-order valence-electron chi connectivity index (χ4n) is 2.30. The first kappa shape index (κ1) is 18.1. The molecule has 1 aromatic heterocycles. The molecule has 7 nitrogen and oxygen atoms in total. The number of anilines is 2. The number of aromatic carboxylic acids is 2. The highest BCUT2D eigenvalue weighted by atomic mass is 19.4. The Bertz CT molecular complexity index is 1050. The maximum atomic E-state index is 12.8. The number of benzene rings is 2. The smallest absolute Gasteiger partial charge is 0.416 e. The summed E-state index contributed by atoms with van der Waals surface area (Å²) in [4.78, 5) is 30.1. The molecule has 0 saturated heterocycles. The monoisotopic (exact) mass is 377 g/mol. The molecule has 3 rings (SSSR count). The van der Waals surface area contributed by atoms with Crippen molar-refractivity contribution in [3.05, 3.63) is 59.3 Å². The lowest BCUT2D eigenvalue weighted by molar-refractivity contribution is -0.137. The predicted molar refractivity (Wildman–Crippen MR) is 88.2 cm³/mol. The van der Waals surface area contributed by atoms with Crippen LogP contribution in [-0.2, 0) is 6.18 Å². The first-order valence-electron chi connectivity index (χ1n) is 7.38. The second kappa shape index (κ2) is 6.56. The molecule has 10 heteroatoms. The van der Waals surface area contributed by atoms with Crippen molar-refractivity contribution in [1.29, 1.82) is 0 Å². The van der Waals surface area contributed by atoms with Gasteiger partial charge in [0.05, 0.1) is 22.2 Å². The van der Waals surface area contributed by atoms with Crippen LogP contribution in [0.1, 0.15) is 26.4 Å². The van der Waals surface area contributed by atoms with E-state index in [1.807, 2.05) is 0 Å². The highest BCUT2D eigenvalue weighted by Gasteiger charge is 2.31. The number of halogens is 3. The van der Waals surface area contributed by atoms with Gasteiger partial charge in [0, 0.05) is 5.69 Å². The van der Waals surface area contributed by atoms with Gasteiger partial charge < -0.3 is 15.5 Å². The van der Waals surface area contributed by atoms with Crippen molar-refractivity contribution in [3.63, 3.8) is 0 Å². The number of aromatic nitrogens is 2. The summed E-state index contributed by atoms with van der Waals surface area (Å²) < 4.78 is 38.4. The summed E-state index contributed by atoms with van der Waals surface area (Å²) in [6.45, 7) is 0. The molecule has 0 amide bonds. The van der Waals surface area contributed by atoms with Crippen LogP contribution in [0.2, 0.25) is 0 Å². The van der Waals surface area contributed by atoms with Crippen LogP contribution in [-0.4, -0.2) is 32.1 Å². The van der Waals surface area contributed by atoms with Crippen molar-refractivity contribution in [2.75, 3.05) is 5.32 Å². The van der Waals surface area contributed by atoms with Gasteiger partial charge in [0.15, 0.2) is 11.5 Å². The third-order valence-corrected chi connectivity index (χ3v) is 3.59. The molecule has 0 spiro atoms. The first-order chi connectivity index (χ1) is 12.6. The number of hydrogen-bond donors (Lipinski definition) is 3. The Morgan fingerprint density at radius 2 is 1.56 bits per heavy atom. The summed E-state index contributed by atoms with van der Waals surface area (Å²) in [7, 11) is 0. The Morgan fingerprint density at radius 3 is 2.11 bits per heavy atom. The highest BCUT2D eigenvalue weighted by molar-refractivity contribution is 5.95. The van der Waals surface area contributed by atoms with Gasteiger partial charge in [-0.05, 0) is 42.5 Å². The number of nitrogens with one attached hydrogen (secondary N) is 1. The Labute approximate surface area is 149 Å². The average Bonchev–Trinajstić information content (AvgIpc) is 2.60. The van der Waals surface area contributed by atoms with Crippen LogP contribution < -0.4 is 5.32 Å². The Hall–Kier alpha value is -3.69. The van der Waals surface area contributed by atoms with Crippen LogP contribution in [0.25, 0.3) is 11.0 Å². The molecule has 0 aliphatic heterocycles. The molecule has 1 heterocycles. The van der Waals surface area contributed by atoms with E-state index in [1.54, 1.807) is 0 Å². The van der Waals surface area contributed by atoms with Gasteiger partial charge in [-0.25, -0.2) is 19.6 Å². The van der Waals surface area contributed by atoms with E-state index in [1.165, 1.54) is 24.3 Å². The van der Waals surface area contributed by atoms with Crippen molar-refractivity contribution in [2.24, 2.45) is 0 Å². The molecule has 0 radical (unpaired) electrons. The summed E-state index contributed by atoms with van der Waals surface area (Å²) in [5, 5.41) is 20.9. The van der Waals surface area contributed by atoms with Crippen LogP contribution in [0.5, 0.6) is 0 Å². The molecule has 0 fully saturated rings. The molecule has 0 atom stereocenters. The number of alkyl halides is 3. The zero-order valence-corrected chi connectivity index (χ0v) is 13.3. The van der Waals surface area contributed by atoms with Gasteiger partial charge in [-0.15, -0.1) is 0 Å². The maximum Gasteiger partial charge on any atom is 0.416 e. The zero-order valence-electron chi connectivity index (χ0n) is 13.3. The third-order valence-electron chi connectivity index (χ3n) is 3.59. The van der Waals surface area contributed by atoms with Crippen LogP contribution in [0.15, 0.2) is 42.5 Å². The number of carboxylic acid groups (broad SMARTS) is 2. The van der Waals surface area contributed by atoms with Crippen molar-refractivity contribution < 1.29 is 33.0 Å². The lowest BCUT2D eigenvalue weighted by Gasteiger charge is -2.11. The summed E-state index contributed by atoms with van der Waals surface area (Å²) in [6.07, 6.45) is -4.60. The van der Waals surface area contributed by atoms with Gasteiger partial charge in [-0.1, -0.05) is 0 Å². The van der Waals surface area contributed by atoms with E-state index in [9.17, 15) is 27.9 Å². The molecule has 138 valence electrons. The number of carboxylic acids is 2. The third kappa shape index (κ3) is 3.78. The Morgan fingerprint density at radius 1 is 0.889 bits per heavy atom. The van der Waals surface area contributed by atoms with Crippen LogP contribution in [0.4, 0.5) is 24.7 Å². The highest BCUT2D eigenvalue weighted by Crippen LogP contribution is 2.31. The fraction of sp³-hybridized carbons (Fsp3) is 0.0588. The van der Waals surface area contributed by atoms with Gasteiger partial charge in [-0.3, -0.25) is 0 Å². The van der Waals surface area contributed by atoms with Crippen molar-refractivity contribution in [2.45, 2.75) is 6.18 Å². The van der Waals surface area contributed by atoms with Crippen LogP contribution in [0.3, 0.4) is 0 Å². The van der Waals surface area contributed by atoms with Crippen molar-refractivity contribution >= 4 is 34.5 Å². The average molecular weight is 377 g/mol. The number of nitrogens with zero attached hydrogens (tertiary/aromatic N) is 2. The van der Waals surface area contributed by atoms with Gasteiger partial charge in [-0.2, -0.15) is 13.2 Å². The number of rotatable bonds is 4. The van der Waals surface area contributed by atoms with Gasteiger partial charge in [0.1, 0.15) is 0 Å².